The predicted molar refractivity (Wildman–Crippen MR) is 91.4 cm³/mol. The van der Waals surface area contributed by atoms with Gasteiger partial charge in [0.15, 0.2) is 5.58 Å². The van der Waals surface area contributed by atoms with Crippen LogP contribution in [0.2, 0.25) is 5.02 Å². The van der Waals surface area contributed by atoms with Crippen LogP contribution in [0.3, 0.4) is 0 Å². The molecule has 23 heavy (non-hydrogen) atoms. The van der Waals surface area contributed by atoms with Crippen molar-refractivity contribution in [2.75, 3.05) is 0 Å². The Hall–Kier alpha value is -2.83. The number of hydrogen-bond acceptors (Lipinski definition) is 3. The number of para-hydroxylation sites is 1. The lowest BCUT2D eigenvalue weighted by atomic mass is 10.0. The minimum absolute atomic E-state index is 0.527. The third-order valence-corrected chi connectivity index (χ3v) is 4.23. The van der Waals surface area contributed by atoms with Gasteiger partial charge in [-0.2, -0.15) is 5.26 Å². The lowest BCUT2D eigenvalue weighted by Gasteiger charge is -2.07. The molecule has 0 spiro atoms. The topological polar surface area (TPSA) is 49.8 Å². The second-order valence-electron chi connectivity index (χ2n) is 5.36. The molecule has 4 aromatic rings. The first kappa shape index (κ1) is 13.8. The van der Waals surface area contributed by atoms with Crippen LogP contribution < -0.4 is 0 Å². The number of aromatic nitrogens is 1. The van der Waals surface area contributed by atoms with Crippen LogP contribution in [-0.4, -0.2) is 4.98 Å². The number of rotatable bonds is 1. The highest BCUT2D eigenvalue weighted by molar-refractivity contribution is 6.30. The molecule has 4 rings (SSSR count). The minimum Gasteiger partial charge on any atom is -0.454 e. The van der Waals surface area contributed by atoms with E-state index in [-0.39, 0.29) is 0 Å². The van der Waals surface area contributed by atoms with Crippen LogP contribution in [0.1, 0.15) is 11.1 Å². The lowest BCUT2D eigenvalue weighted by molar-refractivity contribution is 0.665. The Morgan fingerprint density at radius 3 is 2.57 bits per heavy atom. The second kappa shape index (κ2) is 5.12. The van der Waals surface area contributed by atoms with Crippen LogP contribution in [0.5, 0.6) is 0 Å². The normalized spacial score (nSPS) is 11.0. The quantitative estimate of drug-likeness (QED) is 0.467. The molecule has 4 heteroatoms. The molecule has 3 nitrogen and oxygen atoms in total. The lowest BCUT2D eigenvalue weighted by Crippen LogP contribution is -1.94. The fourth-order valence-electron chi connectivity index (χ4n) is 2.81. The molecule has 0 aliphatic rings. The number of nitrogens with zero attached hydrogens (tertiary/aromatic N) is 2. The van der Waals surface area contributed by atoms with Gasteiger partial charge in [-0.3, -0.25) is 0 Å². The van der Waals surface area contributed by atoms with Crippen LogP contribution >= 0.6 is 11.6 Å². The summed E-state index contributed by atoms with van der Waals surface area (Å²) in [6, 6.07) is 17.4. The highest BCUT2D eigenvalue weighted by Gasteiger charge is 2.18. The Morgan fingerprint density at radius 2 is 1.83 bits per heavy atom. The molecule has 2 heterocycles. The van der Waals surface area contributed by atoms with Crippen molar-refractivity contribution in [2.24, 2.45) is 0 Å². The van der Waals surface area contributed by atoms with Crippen molar-refractivity contribution in [3.8, 4) is 17.3 Å². The van der Waals surface area contributed by atoms with E-state index in [0.717, 1.165) is 27.6 Å². The van der Waals surface area contributed by atoms with Crippen molar-refractivity contribution in [1.29, 1.82) is 5.26 Å². The molecular weight excluding hydrogens is 308 g/mol. The summed E-state index contributed by atoms with van der Waals surface area (Å²) in [4.78, 5) is 4.74. The van der Waals surface area contributed by atoms with Crippen LogP contribution in [0.4, 0.5) is 0 Å². The summed E-state index contributed by atoms with van der Waals surface area (Å²) in [5.41, 5.74) is 5.07. The van der Waals surface area contributed by atoms with Gasteiger partial charge in [0, 0.05) is 21.5 Å². The SMILES string of the molecule is Cc1c(C#N)c(-c2ccc(Cl)cc2)nc2c1oc1ccccc12. The Bertz CT molecular complexity index is 1090. The van der Waals surface area contributed by atoms with Gasteiger partial charge in [-0.25, -0.2) is 4.98 Å². The van der Waals surface area contributed by atoms with Gasteiger partial charge < -0.3 is 4.42 Å². The van der Waals surface area contributed by atoms with Crippen molar-refractivity contribution in [2.45, 2.75) is 6.92 Å². The number of benzene rings is 2. The average Bonchev–Trinajstić information content (AvgIpc) is 2.95. The van der Waals surface area contributed by atoms with E-state index in [9.17, 15) is 5.26 Å². The van der Waals surface area contributed by atoms with E-state index in [1.807, 2.05) is 43.3 Å². The molecule has 0 fully saturated rings. The number of aryl methyl sites for hydroxylation is 1. The summed E-state index contributed by atoms with van der Waals surface area (Å²) in [5.74, 6) is 0. The van der Waals surface area contributed by atoms with Gasteiger partial charge in [0.1, 0.15) is 17.2 Å². The molecule has 0 N–H and O–H groups in total. The Kier molecular flexibility index (Phi) is 3.07. The summed E-state index contributed by atoms with van der Waals surface area (Å²) in [6.07, 6.45) is 0. The van der Waals surface area contributed by atoms with Crippen LogP contribution in [0, 0.1) is 18.3 Å². The monoisotopic (exact) mass is 318 g/mol. The highest BCUT2D eigenvalue weighted by Crippen LogP contribution is 2.35. The Balaban J connectivity index is 2.13. The maximum absolute atomic E-state index is 9.59. The zero-order valence-corrected chi connectivity index (χ0v) is 13.1. The fourth-order valence-corrected chi connectivity index (χ4v) is 2.94. The second-order valence-corrected chi connectivity index (χ2v) is 5.79. The predicted octanol–water partition coefficient (Wildman–Crippen LogP) is 5.48. The van der Waals surface area contributed by atoms with Crippen LogP contribution in [0.25, 0.3) is 33.3 Å². The molecular formula is C19H11ClN2O. The average molecular weight is 319 g/mol. The summed E-state index contributed by atoms with van der Waals surface area (Å²) in [5, 5.41) is 11.2. The van der Waals surface area contributed by atoms with Gasteiger partial charge in [0.05, 0.1) is 11.3 Å². The number of pyridine rings is 1. The van der Waals surface area contributed by atoms with E-state index in [2.05, 4.69) is 6.07 Å². The molecule has 0 unspecified atom stereocenters. The van der Waals surface area contributed by atoms with Crippen LogP contribution in [-0.2, 0) is 0 Å². The molecule has 0 saturated carbocycles. The smallest absolute Gasteiger partial charge is 0.158 e. The Labute approximate surface area is 137 Å². The summed E-state index contributed by atoms with van der Waals surface area (Å²) >= 11 is 5.96. The first-order valence-electron chi connectivity index (χ1n) is 7.17. The summed E-state index contributed by atoms with van der Waals surface area (Å²) in [7, 11) is 0. The van der Waals surface area contributed by atoms with Gasteiger partial charge in [0.25, 0.3) is 0 Å². The molecule has 0 aliphatic heterocycles. The number of nitriles is 1. The summed E-state index contributed by atoms with van der Waals surface area (Å²) < 4.78 is 5.90. The van der Waals surface area contributed by atoms with E-state index in [1.165, 1.54) is 0 Å². The third-order valence-electron chi connectivity index (χ3n) is 3.97. The van der Waals surface area contributed by atoms with E-state index in [0.29, 0.717) is 21.9 Å². The Morgan fingerprint density at radius 1 is 1.09 bits per heavy atom. The van der Waals surface area contributed by atoms with E-state index in [1.54, 1.807) is 12.1 Å². The van der Waals surface area contributed by atoms with Gasteiger partial charge in [-0.15, -0.1) is 0 Å². The van der Waals surface area contributed by atoms with E-state index in [4.69, 9.17) is 21.0 Å². The van der Waals surface area contributed by atoms with Crippen molar-refractivity contribution >= 4 is 33.7 Å². The minimum atomic E-state index is 0.527. The number of halogens is 1. The molecule has 0 atom stereocenters. The van der Waals surface area contributed by atoms with Gasteiger partial charge in [-0.1, -0.05) is 35.9 Å². The molecule has 0 aliphatic carbocycles. The van der Waals surface area contributed by atoms with Crippen LogP contribution in [0.15, 0.2) is 52.9 Å². The number of furan rings is 1. The molecule has 0 radical (unpaired) electrons. The largest absolute Gasteiger partial charge is 0.454 e. The van der Waals surface area contributed by atoms with Gasteiger partial charge >= 0.3 is 0 Å². The molecule has 0 bridgehead atoms. The number of fused-ring (bicyclic) bond motifs is 3. The third kappa shape index (κ3) is 2.08. The molecule has 110 valence electrons. The standard InChI is InChI=1S/C19H11ClN2O/c1-11-15(10-21)17(12-6-8-13(20)9-7-12)22-18-14-4-2-3-5-16(14)23-19(11)18/h2-9H,1H3. The van der Waals surface area contributed by atoms with E-state index >= 15 is 0 Å². The van der Waals surface area contributed by atoms with Crippen molar-refractivity contribution in [3.05, 3.63) is 64.7 Å². The molecule has 0 saturated heterocycles. The van der Waals surface area contributed by atoms with Crippen molar-refractivity contribution < 1.29 is 4.42 Å². The van der Waals surface area contributed by atoms with Crippen molar-refractivity contribution in [1.82, 2.24) is 4.98 Å². The molecule has 2 aromatic carbocycles. The number of hydrogen-bond donors (Lipinski definition) is 0. The highest BCUT2D eigenvalue weighted by atomic mass is 35.5. The molecule has 0 amide bonds. The van der Waals surface area contributed by atoms with Gasteiger partial charge in [-0.05, 0) is 31.2 Å². The molecule has 2 aromatic heterocycles. The first-order chi connectivity index (χ1) is 11.2. The first-order valence-corrected chi connectivity index (χ1v) is 7.54. The maximum atomic E-state index is 9.59. The van der Waals surface area contributed by atoms with E-state index < -0.39 is 0 Å². The zero-order chi connectivity index (χ0) is 16.0. The fraction of sp³-hybridized carbons (Fsp3) is 0.0526. The summed E-state index contributed by atoms with van der Waals surface area (Å²) in [6.45, 7) is 1.89. The zero-order valence-electron chi connectivity index (χ0n) is 12.3. The van der Waals surface area contributed by atoms with Crippen molar-refractivity contribution in [3.63, 3.8) is 0 Å². The van der Waals surface area contributed by atoms with Gasteiger partial charge in [0.2, 0.25) is 0 Å². The maximum Gasteiger partial charge on any atom is 0.158 e.